The van der Waals surface area contributed by atoms with Crippen LogP contribution in [0, 0.1) is 20.8 Å². The average Bonchev–Trinajstić information content (AvgIpc) is 3.24. The van der Waals surface area contributed by atoms with Gasteiger partial charge in [0.05, 0.1) is 4.90 Å². The Bertz CT molecular complexity index is 1410. The van der Waals surface area contributed by atoms with E-state index in [0.29, 0.717) is 23.6 Å². The van der Waals surface area contributed by atoms with Crippen LogP contribution in [0.5, 0.6) is 0 Å². The highest BCUT2D eigenvalue weighted by atomic mass is 32.2. The van der Waals surface area contributed by atoms with E-state index in [1.165, 1.54) is 6.33 Å². The molecule has 0 saturated heterocycles. The van der Waals surface area contributed by atoms with Crippen molar-refractivity contribution in [3.05, 3.63) is 77.4 Å². The van der Waals surface area contributed by atoms with Gasteiger partial charge in [0.2, 0.25) is 5.91 Å². The minimum atomic E-state index is -3.68. The van der Waals surface area contributed by atoms with Gasteiger partial charge in [-0.1, -0.05) is 17.7 Å². The SMILES string of the molecule is Cc1ccc(S(=O)(=O)Nc2ccc(NC(=O)CCc3c(C)nc4ncnn4c3C)cc2)cc1. The maximum absolute atomic E-state index is 12.5. The number of nitrogens with one attached hydrogen (secondary N) is 2. The molecule has 10 heteroatoms. The number of sulfonamides is 1. The van der Waals surface area contributed by atoms with E-state index in [-0.39, 0.29) is 17.2 Å². The molecule has 0 aliphatic rings. The van der Waals surface area contributed by atoms with Crippen molar-refractivity contribution in [1.29, 1.82) is 0 Å². The second-order valence-corrected chi connectivity index (χ2v) is 9.46. The van der Waals surface area contributed by atoms with Crippen LogP contribution in [0.2, 0.25) is 0 Å². The first-order valence-corrected chi connectivity index (χ1v) is 11.9. The van der Waals surface area contributed by atoms with E-state index >= 15 is 0 Å². The first-order valence-electron chi connectivity index (χ1n) is 10.4. The van der Waals surface area contributed by atoms with Gasteiger partial charge in [-0.05, 0) is 69.2 Å². The van der Waals surface area contributed by atoms with E-state index in [4.69, 9.17) is 0 Å². The van der Waals surface area contributed by atoms with Crippen LogP contribution in [-0.4, -0.2) is 33.9 Å². The highest BCUT2D eigenvalue weighted by Gasteiger charge is 2.15. The number of benzene rings is 2. The zero-order chi connectivity index (χ0) is 23.6. The zero-order valence-electron chi connectivity index (χ0n) is 18.5. The Hall–Kier alpha value is -3.79. The molecule has 2 heterocycles. The summed E-state index contributed by atoms with van der Waals surface area (Å²) in [5, 5.41) is 7.01. The van der Waals surface area contributed by atoms with Crippen molar-refractivity contribution in [3.63, 3.8) is 0 Å². The highest BCUT2D eigenvalue weighted by Crippen LogP contribution is 2.20. The molecule has 0 aliphatic heterocycles. The second kappa shape index (κ2) is 8.99. The van der Waals surface area contributed by atoms with E-state index in [1.54, 1.807) is 53.0 Å². The van der Waals surface area contributed by atoms with Crippen LogP contribution in [0.4, 0.5) is 11.4 Å². The fraction of sp³-hybridized carbons (Fsp3) is 0.217. The van der Waals surface area contributed by atoms with Gasteiger partial charge in [0.25, 0.3) is 15.8 Å². The Morgan fingerprint density at radius 2 is 1.64 bits per heavy atom. The lowest BCUT2D eigenvalue weighted by atomic mass is 10.1. The van der Waals surface area contributed by atoms with E-state index in [0.717, 1.165) is 22.5 Å². The summed E-state index contributed by atoms with van der Waals surface area (Å²) in [7, 11) is -3.68. The summed E-state index contributed by atoms with van der Waals surface area (Å²) >= 11 is 0. The molecular formula is C23H24N6O3S. The predicted molar refractivity (Wildman–Crippen MR) is 126 cm³/mol. The van der Waals surface area contributed by atoms with Crippen molar-refractivity contribution in [2.24, 2.45) is 0 Å². The van der Waals surface area contributed by atoms with Crippen molar-refractivity contribution >= 4 is 33.1 Å². The molecule has 0 saturated carbocycles. The van der Waals surface area contributed by atoms with Gasteiger partial charge in [0.15, 0.2) is 0 Å². The molecule has 170 valence electrons. The number of carbonyl (C=O) groups excluding carboxylic acids is 1. The van der Waals surface area contributed by atoms with Gasteiger partial charge in [0.1, 0.15) is 6.33 Å². The van der Waals surface area contributed by atoms with Gasteiger partial charge in [-0.3, -0.25) is 9.52 Å². The summed E-state index contributed by atoms with van der Waals surface area (Å²) in [5.41, 5.74) is 4.67. The normalized spacial score (nSPS) is 11.5. The van der Waals surface area contributed by atoms with E-state index in [9.17, 15) is 13.2 Å². The summed E-state index contributed by atoms with van der Waals surface area (Å²) in [5.74, 6) is 0.386. The van der Waals surface area contributed by atoms with Gasteiger partial charge in [-0.2, -0.15) is 10.1 Å². The van der Waals surface area contributed by atoms with Gasteiger partial charge in [-0.15, -0.1) is 0 Å². The van der Waals surface area contributed by atoms with Crippen molar-refractivity contribution in [1.82, 2.24) is 19.6 Å². The Morgan fingerprint density at radius 1 is 0.970 bits per heavy atom. The smallest absolute Gasteiger partial charge is 0.261 e. The molecule has 2 aromatic heterocycles. The second-order valence-electron chi connectivity index (χ2n) is 7.78. The summed E-state index contributed by atoms with van der Waals surface area (Å²) < 4.78 is 29.2. The summed E-state index contributed by atoms with van der Waals surface area (Å²) in [6, 6.07) is 13.1. The van der Waals surface area contributed by atoms with E-state index in [2.05, 4.69) is 25.1 Å². The van der Waals surface area contributed by atoms with Crippen molar-refractivity contribution in [2.45, 2.75) is 38.5 Å². The standard InChI is InChI=1S/C23H24N6O3S/c1-15-4-10-20(11-5-15)33(31,32)28-19-8-6-18(7-9-19)27-22(30)13-12-21-16(2)26-23-24-14-25-29(23)17(21)3/h4-11,14,28H,12-13H2,1-3H3,(H,27,30). The number of hydrogen-bond donors (Lipinski definition) is 2. The van der Waals surface area contributed by atoms with Crippen LogP contribution in [0.3, 0.4) is 0 Å². The number of rotatable bonds is 7. The maximum Gasteiger partial charge on any atom is 0.261 e. The van der Waals surface area contributed by atoms with Gasteiger partial charge < -0.3 is 5.32 Å². The molecule has 33 heavy (non-hydrogen) atoms. The van der Waals surface area contributed by atoms with Crippen LogP contribution in [-0.2, 0) is 21.2 Å². The topological polar surface area (TPSA) is 118 Å². The average molecular weight is 465 g/mol. The summed E-state index contributed by atoms with van der Waals surface area (Å²) in [4.78, 5) is 21.2. The molecule has 1 amide bonds. The molecule has 0 unspecified atom stereocenters. The fourth-order valence-corrected chi connectivity index (χ4v) is 4.59. The fourth-order valence-electron chi connectivity index (χ4n) is 3.53. The number of carbonyl (C=O) groups is 1. The molecular weight excluding hydrogens is 440 g/mol. The Labute approximate surface area is 192 Å². The summed E-state index contributed by atoms with van der Waals surface area (Å²) in [6.07, 6.45) is 2.24. The third-order valence-electron chi connectivity index (χ3n) is 5.34. The monoisotopic (exact) mass is 464 g/mol. The molecule has 9 nitrogen and oxygen atoms in total. The molecule has 0 atom stereocenters. The van der Waals surface area contributed by atoms with Crippen LogP contribution in [0.25, 0.3) is 5.78 Å². The van der Waals surface area contributed by atoms with Crippen LogP contribution < -0.4 is 10.0 Å². The van der Waals surface area contributed by atoms with Crippen LogP contribution in [0.15, 0.2) is 59.8 Å². The highest BCUT2D eigenvalue weighted by molar-refractivity contribution is 7.92. The Kier molecular flexibility index (Phi) is 6.10. The number of anilines is 2. The molecule has 0 aliphatic carbocycles. The van der Waals surface area contributed by atoms with Crippen molar-refractivity contribution < 1.29 is 13.2 Å². The quantitative estimate of drug-likeness (QED) is 0.433. The zero-order valence-corrected chi connectivity index (χ0v) is 19.3. The number of aryl methyl sites for hydroxylation is 3. The molecule has 4 aromatic rings. The maximum atomic E-state index is 12.5. The molecule has 4 rings (SSSR count). The lowest BCUT2D eigenvalue weighted by Gasteiger charge is -2.11. The van der Waals surface area contributed by atoms with E-state index < -0.39 is 10.0 Å². The minimum Gasteiger partial charge on any atom is -0.326 e. The lowest BCUT2D eigenvalue weighted by molar-refractivity contribution is -0.116. The number of nitrogens with zero attached hydrogens (tertiary/aromatic N) is 4. The Balaban J connectivity index is 1.37. The third-order valence-corrected chi connectivity index (χ3v) is 6.74. The van der Waals surface area contributed by atoms with Crippen LogP contribution >= 0.6 is 0 Å². The molecule has 2 N–H and O–H groups in total. The first kappa shape index (κ1) is 22.4. The number of aromatic nitrogens is 4. The van der Waals surface area contributed by atoms with Gasteiger partial charge in [-0.25, -0.2) is 17.9 Å². The molecule has 0 spiro atoms. The van der Waals surface area contributed by atoms with Crippen molar-refractivity contribution in [3.8, 4) is 0 Å². The Morgan fingerprint density at radius 3 is 2.33 bits per heavy atom. The van der Waals surface area contributed by atoms with Crippen LogP contribution in [0.1, 0.15) is 28.9 Å². The molecule has 0 fully saturated rings. The third kappa shape index (κ3) is 5.01. The molecule has 2 aromatic carbocycles. The number of fused-ring (bicyclic) bond motifs is 1. The molecule has 0 bridgehead atoms. The minimum absolute atomic E-state index is 0.152. The summed E-state index contributed by atoms with van der Waals surface area (Å²) in [6.45, 7) is 5.72. The molecule has 0 radical (unpaired) electrons. The van der Waals surface area contributed by atoms with E-state index in [1.807, 2.05) is 20.8 Å². The van der Waals surface area contributed by atoms with Crippen molar-refractivity contribution in [2.75, 3.05) is 10.0 Å². The largest absolute Gasteiger partial charge is 0.326 e. The lowest BCUT2D eigenvalue weighted by Crippen LogP contribution is -2.15. The number of amides is 1. The van der Waals surface area contributed by atoms with Gasteiger partial charge >= 0.3 is 0 Å². The number of hydrogen-bond acceptors (Lipinski definition) is 6. The first-order chi connectivity index (χ1) is 15.7. The van der Waals surface area contributed by atoms with Gasteiger partial charge in [0, 0.05) is 29.2 Å². The predicted octanol–water partition coefficient (Wildman–Crippen LogP) is 3.42.